The van der Waals surface area contributed by atoms with Crippen molar-refractivity contribution >= 4 is 18.2 Å². The van der Waals surface area contributed by atoms with Gasteiger partial charge in [0, 0.05) is 0 Å². The van der Waals surface area contributed by atoms with Crippen LogP contribution >= 0.6 is 0 Å². The molecule has 2 aromatic rings. The molecule has 0 aromatic heterocycles. The van der Waals surface area contributed by atoms with E-state index < -0.39 is 0 Å². The highest BCUT2D eigenvalue weighted by Gasteiger charge is 2.46. The second-order valence-electron chi connectivity index (χ2n) is 7.33. The molecule has 1 atom stereocenters. The van der Waals surface area contributed by atoms with Gasteiger partial charge in [-0.1, -0.05) is 0 Å². The molecule has 1 saturated carbocycles. The zero-order chi connectivity index (χ0) is 19.7. The Morgan fingerprint density at radius 3 is 2.28 bits per heavy atom. The standard InChI is InChI=1S/C23H23N4O2/c1-28-21-9-11-23(12-10-21)29-22-7-5-19(6-8-22)26(18-3-2-4-18)27-14-13-24-15-20(27)16-25-17-27/h5-18H,2-4H2,1H3/q+1. The van der Waals surface area contributed by atoms with Gasteiger partial charge in [0.25, 0.3) is 0 Å². The Balaban J connectivity index is 1.42. The van der Waals surface area contributed by atoms with Crippen molar-refractivity contribution in [1.29, 1.82) is 0 Å². The Morgan fingerprint density at radius 2 is 1.62 bits per heavy atom. The predicted molar refractivity (Wildman–Crippen MR) is 114 cm³/mol. The Morgan fingerprint density at radius 1 is 0.931 bits per heavy atom. The summed E-state index contributed by atoms with van der Waals surface area (Å²) in [4.78, 5) is 8.73. The maximum atomic E-state index is 5.99. The van der Waals surface area contributed by atoms with Crippen LogP contribution in [-0.4, -0.2) is 30.3 Å². The molecule has 0 radical (unpaired) electrons. The van der Waals surface area contributed by atoms with Crippen molar-refractivity contribution in [3.8, 4) is 17.2 Å². The predicted octanol–water partition coefficient (Wildman–Crippen LogP) is 5.02. The van der Waals surface area contributed by atoms with E-state index in [0.29, 0.717) is 10.6 Å². The number of ether oxygens (including phenoxy) is 2. The first-order chi connectivity index (χ1) is 14.3. The quantitative estimate of drug-likeness (QED) is 0.654. The first kappa shape index (κ1) is 17.7. The van der Waals surface area contributed by atoms with Crippen LogP contribution in [0.3, 0.4) is 0 Å². The van der Waals surface area contributed by atoms with Crippen LogP contribution in [0.15, 0.2) is 82.8 Å². The smallest absolute Gasteiger partial charge is 0.225 e. The molecule has 0 spiro atoms. The van der Waals surface area contributed by atoms with E-state index in [9.17, 15) is 0 Å². The van der Waals surface area contributed by atoms with Crippen molar-refractivity contribution in [3.05, 3.63) is 72.8 Å². The minimum atomic E-state index is 0.465. The molecule has 1 aliphatic carbocycles. The lowest BCUT2D eigenvalue weighted by Gasteiger charge is -2.46. The zero-order valence-electron chi connectivity index (χ0n) is 16.3. The second kappa shape index (κ2) is 7.22. The van der Waals surface area contributed by atoms with Gasteiger partial charge in [0.15, 0.2) is 6.20 Å². The lowest BCUT2D eigenvalue weighted by atomic mass is 9.92. The molecule has 0 N–H and O–H groups in total. The van der Waals surface area contributed by atoms with Crippen LogP contribution in [0.2, 0.25) is 0 Å². The highest BCUT2D eigenvalue weighted by Crippen LogP contribution is 2.39. The molecule has 6 heteroatoms. The Kier molecular flexibility index (Phi) is 4.41. The number of rotatable bonds is 6. The van der Waals surface area contributed by atoms with Crippen molar-refractivity contribution in [3.63, 3.8) is 0 Å². The number of fused-ring (bicyclic) bond motifs is 1. The molecule has 0 bridgehead atoms. The van der Waals surface area contributed by atoms with Gasteiger partial charge >= 0.3 is 0 Å². The lowest BCUT2D eigenvalue weighted by molar-refractivity contribution is -0.746. The number of benzene rings is 2. The molecule has 1 unspecified atom stereocenters. The van der Waals surface area contributed by atoms with E-state index in [0.717, 1.165) is 28.6 Å². The summed E-state index contributed by atoms with van der Waals surface area (Å²) in [6.07, 6.45) is 13.3. The summed E-state index contributed by atoms with van der Waals surface area (Å²) < 4.78 is 11.7. The minimum Gasteiger partial charge on any atom is -0.497 e. The van der Waals surface area contributed by atoms with Gasteiger partial charge in [-0.3, -0.25) is 4.99 Å². The van der Waals surface area contributed by atoms with Gasteiger partial charge in [0.1, 0.15) is 17.2 Å². The molecule has 146 valence electrons. The van der Waals surface area contributed by atoms with E-state index in [1.165, 1.54) is 19.3 Å². The molecule has 5 rings (SSSR count). The summed E-state index contributed by atoms with van der Waals surface area (Å²) in [6, 6.07) is 16.3. The van der Waals surface area contributed by atoms with Gasteiger partial charge < -0.3 is 9.47 Å². The van der Waals surface area contributed by atoms with Crippen LogP contribution in [-0.2, 0) is 0 Å². The molecule has 2 aliphatic heterocycles. The highest BCUT2D eigenvalue weighted by atomic mass is 16.5. The normalized spacial score (nSPS) is 22.0. The molecule has 1 fully saturated rings. The summed E-state index contributed by atoms with van der Waals surface area (Å²) in [5, 5.41) is 2.42. The van der Waals surface area contributed by atoms with Crippen LogP contribution in [0.1, 0.15) is 19.3 Å². The maximum absolute atomic E-state index is 5.99. The Bertz CT molecular complexity index is 1000. The van der Waals surface area contributed by atoms with Crippen LogP contribution in [0, 0.1) is 0 Å². The van der Waals surface area contributed by atoms with Gasteiger partial charge in [0.2, 0.25) is 12.0 Å². The topological polar surface area (TPSA) is 46.4 Å². The van der Waals surface area contributed by atoms with Crippen molar-refractivity contribution in [2.45, 2.75) is 25.3 Å². The summed E-state index contributed by atoms with van der Waals surface area (Å²) in [7, 11) is 1.66. The van der Waals surface area contributed by atoms with Crippen molar-refractivity contribution in [2.75, 3.05) is 12.1 Å². The first-order valence-corrected chi connectivity index (χ1v) is 9.85. The van der Waals surface area contributed by atoms with Crippen molar-refractivity contribution < 1.29 is 14.1 Å². The molecule has 3 aliphatic rings. The third kappa shape index (κ3) is 3.11. The first-order valence-electron chi connectivity index (χ1n) is 9.85. The Hall–Kier alpha value is -3.38. The summed E-state index contributed by atoms with van der Waals surface area (Å²) in [5.74, 6) is 2.39. The summed E-state index contributed by atoms with van der Waals surface area (Å²) >= 11 is 0. The van der Waals surface area contributed by atoms with Crippen LogP contribution < -0.4 is 14.5 Å². The van der Waals surface area contributed by atoms with E-state index in [4.69, 9.17) is 9.47 Å². The van der Waals surface area contributed by atoms with E-state index in [2.05, 4.69) is 33.3 Å². The maximum Gasteiger partial charge on any atom is 0.225 e. The second-order valence-corrected chi connectivity index (χ2v) is 7.33. The van der Waals surface area contributed by atoms with E-state index in [1.54, 1.807) is 7.11 Å². The zero-order valence-corrected chi connectivity index (χ0v) is 16.3. The fourth-order valence-corrected chi connectivity index (χ4v) is 3.88. The third-order valence-electron chi connectivity index (χ3n) is 5.62. The van der Waals surface area contributed by atoms with Gasteiger partial charge in [-0.25, -0.2) is 10.0 Å². The van der Waals surface area contributed by atoms with Crippen LogP contribution in [0.25, 0.3) is 0 Å². The number of hydrogen-bond acceptors (Lipinski definition) is 5. The molecular formula is C23H23N4O2+. The number of nitrogens with zero attached hydrogens (tertiary/aromatic N) is 4. The van der Waals surface area contributed by atoms with Gasteiger partial charge in [-0.05, 0) is 67.8 Å². The fraction of sp³-hybridized carbons (Fsp3) is 0.217. The fourth-order valence-electron chi connectivity index (χ4n) is 3.88. The third-order valence-corrected chi connectivity index (χ3v) is 5.62. The van der Waals surface area contributed by atoms with Crippen LogP contribution in [0.5, 0.6) is 17.2 Å². The number of allylic oxidation sites excluding steroid dienone is 1. The average molecular weight is 387 g/mol. The number of methoxy groups -OCH3 is 1. The number of hydrogen-bond donors (Lipinski definition) is 0. The lowest BCUT2D eigenvalue weighted by Crippen LogP contribution is -2.61. The number of aliphatic imine (C=N–C) groups is 2. The molecule has 2 heterocycles. The van der Waals surface area contributed by atoms with E-state index in [-0.39, 0.29) is 0 Å². The SMILES string of the molecule is COc1ccc(Oc2ccc(N(C3CCC3)[N+]34C=CN=CC3=CN=C4)cc2)cc1. The number of anilines is 1. The van der Waals surface area contributed by atoms with Crippen LogP contribution in [0.4, 0.5) is 5.69 Å². The molecule has 0 amide bonds. The van der Waals surface area contributed by atoms with E-state index in [1.807, 2.05) is 61.4 Å². The molecule has 0 saturated heterocycles. The molecule has 2 aromatic carbocycles. The van der Waals surface area contributed by atoms with Gasteiger partial charge in [0.05, 0.1) is 37.5 Å². The molecule has 29 heavy (non-hydrogen) atoms. The largest absolute Gasteiger partial charge is 0.497 e. The van der Waals surface area contributed by atoms with Crippen molar-refractivity contribution in [2.24, 2.45) is 9.98 Å². The monoisotopic (exact) mass is 387 g/mol. The average Bonchev–Trinajstić information content (AvgIpc) is 3.17. The van der Waals surface area contributed by atoms with Gasteiger partial charge in [-0.15, -0.1) is 4.59 Å². The van der Waals surface area contributed by atoms with Crippen molar-refractivity contribution in [1.82, 2.24) is 0 Å². The molecular weight excluding hydrogens is 364 g/mol. The highest BCUT2D eigenvalue weighted by molar-refractivity contribution is 5.82. The minimum absolute atomic E-state index is 0.465. The summed E-state index contributed by atoms with van der Waals surface area (Å²) in [6.45, 7) is 0. The Labute approximate surface area is 170 Å². The van der Waals surface area contributed by atoms with E-state index >= 15 is 0 Å². The summed E-state index contributed by atoms with van der Waals surface area (Å²) in [5.41, 5.74) is 2.19. The molecule has 6 nitrogen and oxygen atoms in total. The van der Waals surface area contributed by atoms with Gasteiger partial charge in [-0.2, -0.15) is 0 Å². The number of quaternary nitrogens is 1.